The summed E-state index contributed by atoms with van der Waals surface area (Å²) in [6.07, 6.45) is 5.43. The molecule has 0 amide bonds. The zero-order valence-electron chi connectivity index (χ0n) is 17.9. The first kappa shape index (κ1) is 19.9. The molecule has 3 heterocycles. The summed E-state index contributed by atoms with van der Waals surface area (Å²) < 4.78 is 2.19. The number of aliphatic imine (C=N–C) groups is 1. The van der Waals surface area contributed by atoms with Crippen molar-refractivity contribution < 1.29 is 0 Å². The van der Waals surface area contributed by atoms with Crippen LogP contribution >= 0.6 is 22.9 Å². The van der Waals surface area contributed by atoms with Gasteiger partial charge in [0.05, 0.1) is 10.7 Å². The molecule has 6 heteroatoms. The van der Waals surface area contributed by atoms with E-state index in [9.17, 15) is 0 Å². The predicted molar refractivity (Wildman–Crippen MR) is 131 cm³/mol. The fourth-order valence-corrected chi connectivity index (χ4v) is 6.60. The number of hydrogen-bond acceptors (Lipinski definition) is 4. The van der Waals surface area contributed by atoms with E-state index < -0.39 is 0 Å². The van der Waals surface area contributed by atoms with Gasteiger partial charge in [0.15, 0.2) is 5.82 Å². The summed E-state index contributed by atoms with van der Waals surface area (Å²) >= 11 is 8.76. The quantitative estimate of drug-likeness (QED) is 0.381. The third kappa shape index (κ3) is 3.31. The molecule has 0 radical (unpaired) electrons. The SMILES string of the molecule is Cc1nnc2n1-c1sc3c(c1C(c1ccc(CCc4ccccc4)cc1Cl)=NC2)CCC3. The molecule has 32 heavy (non-hydrogen) atoms. The standard InChI is InChI=1S/C26H23ClN4S/c1-16-29-30-23-15-28-25(24-20-8-5-9-22(20)32-26(24)31(16)23)19-13-12-18(14-21(19)27)11-10-17-6-3-2-4-7-17/h2-4,6-7,12-14H,5,8-11,15H2,1H3. The average molecular weight is 459 g/mol. The van der Waals surface area contributed by atoms with E-state index in [1.54, 1.807) is 0 Å². The summed E-state index contributed by atoms with van der Waals surface area (Å²) in [6, 6.07) is 17.1. The van der Waals surface area contributed by atoms with Crippen molar-refractivity contribution in [3.63, 3.8) is 0 Å². The number of thiophene rings is 1. The van der Waals surface area contributed by atoms with Crippen LogP contribution in [0.15, 0.2) is 53.5 Å². The van der Waals surface area contributed by atoms with Crippen LogP contribution in [0.5, 0.6) is 0 Å². The molecule has 4 aromatic rings. The smallest absolute Gasteiger partial charge is 0.160 e. The lowest BCUT2D eigenvalue weighted by molar-refractivity contribution is 0.868. The van der Waals surface area contributed by atoms with E-state index in [2.05, 4.69) is 63.3 Å². The molecule has 0 saturated heterocycles. The maximum absolute atomic E-state index is 6.89. The minimum Gasteiger partial charge on any atom is -0.276 e. The van der Waals surface area contributed by atoms with Crippen molar-refractivity contribution in [2.45, 2.75) is 45.6 Å². The molecule has 6 rings (SSSR count). The lowest BCUT2D eigenvalue weighted by Crippen LogP contribution is -2.09. The topological polar surface area (TPSA) is 43.1 Å². The molecule has 2 aromatic heterocycles. The normalized spacial score (nSPS) is 14.5. The Labute approximate surface area is 196 Å². The lowest BCUT2D eigenvalue weighted by Gasteiger charge is -2.12. The number of aryl methyl sites for hydroxylation is 4. The van der Waals surface area contributed by atoms with Crippen LogP contribution in [-0.2, 0) is 32.2 Å². The van der Waals surface area contributed by atoms with Gasteiger partial charge >= 0.3 is 0 Å². The number of halogens is 1. The Bertz CT molecular complexity index is 1350. The largest absolute Gasteiger partial charge is 0.276 e. The molecule has 160 valence electrons. The number of fused-ring (bicyclic) bond motifs is 5. The highest BCUT2D eigenvalue weighted by Crippen LogP contribution is 2.42. The molecular weight excluding hydrogens is 436 g/mol. The van der Waals surface area contributed by atoms with Gasteiger partial charge < -0.3 is 0 Å². The summed E-state index contributed by atoms with van der Waals surface area (Å²) in [6.45, 7) is 2.53. The number of hydrogen-bond donors (Lipinski definition) is 0. The minimum absolute atomic E-state index is 0.512. The molecule has 0 unspecified atom stereocenters. The van der Waals surface area contributed by atoms with Crippen molar-refractivity contribution in [1.29, 1.82) is 0 Å². The van der Waals surface area contributed by atoms with Crippen LogP contribution in [0.1, 0.15) is 50.8 Å². The molecule has 0 saturated carbocycles. The van der Waals surface area contributed by atoms with Crippen molar-refractivity contribution in [2.24, 2.45) is 4.99 Å². The molecule has 1 aliphatic carbocycles. The molecule has 0 spiro atoms. The Morgan fingerprint density at radius 3 is 2.69 bits per heavy atom. The monoisotopic (exact) mass is 458 g/mol. The first-order valence-electron chi connectivity index (χ1n) is 11.1. The average Bonchev–Trinajstić information content (AvgIpc) is 3.47. The van der Waals surface area contributed by atoms with Gasteiger partial charge in [0, 0.05) is 16.0 Å². The highest BCUT2D eigenvalue weighted by molar-refractivity contribution is 7.15. The van der Waals surface area contributed by atoms with Crippen molar-refractivity contribution in [3.8, 4) is 5.00 Å². The van der Waals surface area contributed by atoms with Gasteiger partial charge in [-0.1, -0.05) is 54.1 Å². The van der Waals surface area contributed by atoms with Gasteiger partial charge in [-0.2, -0.15) is 0 Å². The van der Waals surface area contributed by atoms with E-state index in [0.717, 1.165) is 53.6 Å². The summed E-state index contributed by atoms with van der Waals surface area (Å²) in [5, 5.41) is 10.7. The Kier molecular flexibility index (Phi) is 4.96. The zero-order chi connectivity index (χ0) is 21.7. The van der Waals surface area contributed by atoms with Crippen LogP contribution in [-0.4, -0.2) is 20.5 Å². The number of rotatable bonds is 4. The van der Waals surface area contributed by atoms with E-state index in [1.807, 2.05) is 18.3 Å². The maximum Gasteiger partial charge on any atom is 0.160 e. The van der Waals surface area contributed by atoms with Gasteiger partial charge in [0.1, 0.15) is 17.4 Å². The Morgan fingerprint density at radius 1 is 1.00 bits per heavy atom. The summed E-state index contributed by atoms with van der Waals surface area (Å²) in [5.41, 5.74) is 7.29. The van der Waals surface area contributed by atoms with E-state index in [0.29, 0.717) is 6.54 Å². The van der Waals surface area contributed by atoms with Crippen LogP contribution in [0.3, 0.4) is 0 Å². The molecule has 4 nitrogen and oxygen atoms in total. The van der Waals surface area contributed by atoms with E-state index in [4.69, 9.17) is 16.6 Å². The third-order valence-electron chi connectivity index (χ3n) is 6.45. The fraction of sp³-hybridized carbons (Fsp3) is 0.269. The zero-order valence-corrected chi connectivity index (χ0v) is 19.5. The number of aromatic nitrogens is 3. The van der Waals surface area contributed by atoms with E-state index >= 15 is 0 Å². The Balaban J connectivity index is 1.39. The van der Waals surface area contributed by atoms with Crippen molar-refractivity contribution in [1.82, 2.24) is 14.8 Å². The molecule has 0 bridgehead atoms. The van der Waals surface area contributed by atoms with Gasteiger partial charge in [-0.3, -0.25) is 9.56 Å². The van der Waals surface area contributed by atoms with Gasteiger partial charge in [0.25, 0.3) is 0 Å². The summed E-state index contributed by atoms with van der Waals surface area (Å²) in [4.78, 5) is 6.51. The summed E-state index contributed by atoms with van der Waals surface area (Å²) in [5.74, 6) is 1.81. The predicted octanol–water partition coefficient (Wildman–Crippen LogP) is 5.92. The number of nitrogens with zero attached hydrogens (tertiary/aromatic N) is 4. The highest BCUT2D eigenvalue weighted by Gasteiger charge is 2.31. The fourth-order valence-electron chi connectivity index (χ4n) is 4.85. The van der Waals surface area contributed by atoms with Crippen molar-refractivity contribution in [2.75, 3.05) is 0 Å². The molecule has 2 aliphatic rings. The minimum atomic E-state index is 0.512. The molecule has 0 N–H and O–H groups in total. The first-order valence-corrected chi connectivity index (χ1v) is 12.3. The first-order chi connectivity index (χ1) is 15.7. The molecule has 1 aliphatic heterocycles. The van der Waals surface area contributed by atoms with Gasteiger partial charge in [-0.15, -0.1) is 21.5 Å². The molecule has 0 atom stereocenters. The third-order valence-corrected chi connectivity index (χ3v) is 8.04. The van der Waals surface area contributed by atoms with Gasteiger partial charge in [-0.05, 0) is 61.8 Å². The van der Waals surface area contributed by atoms with Crippen LogP contribution in [0.4, 0.5) is 0 Å². The molecular formula is C26H23ClN4S. The Hall–Kier alpha value is -2.76. The van der Waals surface area contributed by atoms with Crippen LogP contribution < -0.4 is 0 Å². The number of benzene rings is 2. The summed E-state index contributed by atoms with van der Waals surface area (Å²) in [7, 11) is 0. The Morgan fingerprint density at radius 2 is 1.84 bits per heavy atom. The highest BCUT2D eigenvalue weighted by atomic mass is 35.5. The van der Waals surface area contributed by atoms with Crippen LogP contribution in [0.25, 0.3) is 5.00 Å². The maximum atomic E-state index is 6.89. The van der Waals surface area contributed by atoms with Crippen LogP contribution in [0, 0.1) is 6.92 Å². The molecule has 0 fully saturated rings. The molecule has 2 aromatic carbocycles. The van der Waals surface area contributed by atoms with E-state index in [1.165, 1.54) is 38.6 Å². The van der Waals surface area contributed by atoms with Gasteiger partial charge in [-0.25, -0.2) is 0 Å². The van der Waals surface area contributed by atoms with Crippen molar-refractivity contribution >= 4 is 28.6 Å². The van der Waals surface area contributed by atoms with Crippen molar-refractivity contribution in [3.05, 3.63) is 97.9 Å². The second kappa shape index (κ2) is 7.98. The van der Waals surface area contributed by atoms with Gasteiger partial charge in [0.2, 0.25) is 0 Å². The van der Waals surface area contributed by atoms with E-state index in [-0.39, 0.29) is 0 Å². The lowest BCUT2D eigenvalue weighted by atomic mass is 9.96. The second-order valence-electron chi connectivity index (χ2n) is 8.50. The second-order valence-corrected chi connectivity index (χ2v) is 9.99. The van der Waals surface area contributed by atoms with Crippen LogP contribution in [0.2, 0.25) is 5.02 Å².